The van der Waals surface area contributed by atoms with Gasteiger partial charge in [-0.3, -0.25) is 9.80 Å². The first-order valence-corrected chi connectivity index (χ1v) is 8.40. The van der Waals surface area contributed by atoms with Crippen LogP contribution in [0.4, 0.5) is 0 Å². The number of fused-ring (bicyclic) bond motifs is 1. The average molecular weight is 288 g/mol. The second kappa shape index (κ2) is 6.41. The molecule has 2 unspecified atom stereocenters. The smallest absolute Gasteiger partial charge is 0.125 e. The van der Waals surface area contributed by atoms with Crippen molar-refractivity contribution in [1.29, 1.82) is 0 Å². The van der Waals surface area contributed by atoms with Crippen LogP contribution < -0.4 is 0 Å². The Morgan fingerprint density at radius 1 is 1.29 bits per heavy atom. The maximum atomic E-state index is 4.60. The highest BCUT2D eigenvalue weighted by Crippen LogP contribution is 2.27. The zero-order valence-electron chi connectivity index (χ0n) is 13.6. The van der Waals surface area contributed by atoms with E-state index in [2.05, 4.69) is 39.7 Å². The Hall–Kier alpha value is -1.00. The topological polar surface area (TPSA) is 32.3 Å². The largest absolute Gasteiger partial charge is 0.298 e. The van der Waals surface area contributed by atoms with Gasteiger partial charge < -0.3 is 0 Å². The van der Waals surface area contributed by atoms with Crippen molar-refractivity contribution >= 4 is 0 Å². The molecule has 1 aromatic heterocycles. The van der Waals surface area contributed by atoms with Crippen LogP contribution in [0.5, 0.6) is 0 Å². The molecule has 4 heteroatoms. The van der Waals surface area contributed by atoms with E-state index in [9.17, 15) is 0 Å². The van der Waals surface area contributed by atoms with Gasteiger partial charge in [0, 0.05) is 37.9 Å². The lowest BCUT2D eigenvalue weighted by Crippen LogP contribution is -2.60. The molecule has 0 amide bonds. The van der Waals surface area contributed by atoms with E-state index >= 15 is 0 Å². The van der Waals surface area contributed by atoms with Crippen molar-refractivity contribution in [2.75, 3.05) is 19.6 Å². The van der Waals surface area contributed by atoms with Crippen molar-refractivity contribution < 1.29 is 0 Å². The van der Waals surface area contributed by atoms with Crippen LogP contribution in [0.25, 0.3) is 0 Å². The van der Waals surface area contributed by atoms with Crippen molar-refractivity contribution in [2.24, 2.45) is 5.92 Å². The quantitative estimate of drug-likeness (QED) is 0.855. The Morgan fingerprint density at radius 2 is 2.14 bits per heavy atom. The van der Waals surface area contributed by atoms with Crippen LogP contribution in [0.2, 0.25) is 0 Å². The monoisotopic (exact) mass is 288 g/mol. The number of hydrogen-bond donors (Lipinski definition) is 0. The number of hydrogen-bond acceptors (Lipinski definition) is 4. The third kappa shape index (κ3) is 3.43. The van der Waals surface area contributed by atoms with Crippen LogP contribution in [-0.4, -0.2) is 51.5 Å². The Morgan fingerprint density at radius 3 is 2.90 bits per heavy atom. The highest BCUT2D eigenvalue weighted by Gasteiger charge is 2.36. The lowest BCUT2D eigenvalue weighted by Gasteiger charge is -2.49. The molecule has 0 saturated carbocycles. The van der Waals surface area contributed by atoms with Gasteiger partial charge in [0.25, 0.3) is 0 Å². The fraction of sp³-hybridized carbons (Fsp3) is 0.765. The van der Waals surface area contributed by atoms with Gasteiger partial charge in [-0.05, 0) is 38.3 Å². The van der Waals surface area contributed by atoms with Crippen LogP contribution in [0.15, 0.2) is 12.3 Å². The first-order chi connectivity index (χ1) is 10.1. The van der Waals surface area contributed by atoms with E-state index in [-0.39, 0.29) is 0 Å². The van der Waals surface area contributed by atoms with Gasteiger partial charge in [0.2, 0.25) is 0 Å². The van der Waals surface area contributed by atoms with Crippen LogP contribution in [0.1, 0.15) is 44.6 Å². The molecule has 3 rings (SSSR count). The zero-order valence-corrected chi connectivity index (χ0v) is 13.6. The van der Waals surface area contributed by atoms with Gasteiger partial charge in [0.05, 0.1) is 5.69 Å². The minimum absolute atomic E-state index is 0.648. The molecule has 2 atom stereocenters. The summed E-state index contributed by atoms with van der Waals surface area (Å²) in [7, 11) is 0. The fourth-order valence-electron chi connectivity index (χ4n) is 3.88. The number of nitrogens with zero attached hydrogens (tertiary/aromatic N) is 4. The fourth-order valence-corrected chi connectivity index (χ4v) is 3.88. The molecule has 2 saturated heterocycles. The highest BCUT2D eigenvalue weighted by atomic mass is 15.3. The minimum atomic E-state index is 0.648. The van der Waals surface area contributed by atoms with E-state index in [1.54, 1.807) is 0 Å². The molecule has 0 spiro atoms. The number of rotatable bonds is 3. The maximum Gasteiger partial charge on any atom is 0.125 e. The second-order valence-electron chi connectivity index (χ2n) is 6.98. The van der Waals surface area contributed by atoms with Gasteiger partial charge in [0.1, 0.15) is 5.82 Å². The maximum absolute atomic E-state index is 4.60. The molecule has 2 aliphatic rings. The Balaban J connectivity index is 1.74. The Kier molecular flexibility index (Phi) is 4.55. The first-order valence-electron chi connectivity index (χ1n) is 8.40. The summed E-state index contributed by atoms with van der Waals surface area (Å²) < 4.78 is 0. The molecular formula is C17H28N4. The summed E-state index contributed by atoms with van der Waals surface area (Å²) in [5, 5.41) is 0. The van der Waals surface area contributed by atoms with E-state index in [1.165, 1.54) is 38.9 Å². The van der Waals surface area contributed by atoms with Crippen LogP contribution >= 0.6 is 0 Å². The summed E-state index contributed by atoms with van der Waals surface area (Å²) in [5.74, 6) is 1.57. The molecule has 2 fully saturated rings. The molecule has 21 heavy (non-hydrogen) atoms. The highest BCUT2D eigenvalue weighted by molar-refractivity contribution is 5.03. The van der Waals surface area contributed by atoms with Gasteiger partial charge >= 0.3 is 0 Å². The van der Waals surface area contributed by atoms with Crippen LogP contribution in [-0.2, 0) is 6.54 Å². The average Bonchev–Trinajstić information content (AvgIpc) is 2.46. The van der Waals surface area contributed by atoms with Crippen molar-refractivity contribution in [3.8, 4) is 0 Å². The number of aromatic nitrogens is 2. The summed E-state index contributed by atoms with van der Waals surface area (Å²) in [5.41, 5.74) is 1.16. The molecule has 0 aliphatic carbocycles. The molecule has 1 aromatic rings. The lowest BCUT2D eigenvalue weighted by atomic mass is 9.92. The second-order valence-corrected chi connectivity index (χ2v) is 6.98. The number of aryl methyl sites for hydroxylation is 1. The number of piperidine rings is 1. The predicted octanol–water partition coefficient (Wildman–Crippen LogP) is 2.48. The lowest BCUT2D eigenvalue weighted by molar-refractivity contribution is -0.0124. The van der Waals surface area contributed by atoms with Crippen molar-refractivity contribution in [1.82, 2.24) is 19.8 Å². The normalized spacial score (nSPS) is 27.8. The van der Waals surface area contributed by atoms with E-state index in [0.29, 0.717) is 12.0 Å². The molecule has 116 valence electrons. The molecule has 3 heterocycles. The Bertz CT molecular complexity index is 474. The van der Waals surface area contributed by atoms with Crippen LogP contribution in [0.3, 0.4) is 0 Å². The summed E-state index contributed by atoms with van der Waals surface area (Å²) in [6.07, 6.45) is 6.03. The standard InChI is InChI=1S/C17H28N4/c1-13(2)17-12-20-9-5-4-6-16(20)11-21(17)10-15-7-8-18-14(3)19-15/h7-8,13,16-17H,4-6,9-12H2,1-3H3. The molecule has 0 radical (unpaired) electrons. The van der Waals surface area contributed by atoms with Gasteiger partial charge in [0.15, 0.2) is 0 Å². The number of piperazine rings is 1. The van der Waals surface area contributed by atoms with E-state index < -0.39 is 0 Å². The van der Waals surface area contributed by atoms with E-state index in [0.717, 1.165) is 24.1 Å². The van der Waals surface area contributed by atoms with E-state index in [1.807, 2.05) is 13.1 Å². The molecule has 4 nitrogen and oxygen atoms in total. The summed E-state index contributed by atoms with van der Waals surface area (Å²) in [6, 6.07) is 3.48. The van der Waals surface area contributed by atoms with Crippen LogP contribution in [0, 0.1) is 12.8 Å². The first kappa shape index (κ1) is 14.9. The van der Waals surface area contributed by atoms with Gasteiger partial charge in [-0.15, -0.1) is 0 Å². The molecule has 2 aliphatic heterocycles. The van der Waals surface area contributed by atoms with Gasteiger partial charge in [-0.1, -0.05) is 20.3 Å². The molecule has 0 aromatic carbocycles. The molecular weight excluding hydrogens is 260 g/mol. The molecule has 0 N–H and O–H groups in total. The van der Waals surface area contributed by atoms with Gasteiger partial charge in [-0.25, -0.2) is 9.97 Å². The summed E-state index contributed by atoms with van der Waals surface area (Å²) in [6.45, 7) is 11.4. The minimum Gasteiger partial charge on any atom is -0.298 e. The molecule has 0 bridgehead atoms. The Labute approximate surface area is 128 Å². The van der Waals surface area contributed by atoms with Crippen molar-refractivity contribution in [3.05, 3.63) is 23.8 Å². The summed E-state index contributed by atoms with van der Waals surface area (Å²) >= 11 is 0. The van der Waals surface area contributed by atoms with Crippen molar-refractivity contribution in [2.45, 2.75) is 58.7 Å². The third-order valence-corrected chi connectivity index (χ3v) is 5.05. The van der Waals surface area contributed by atoms with Gasteiger partial charge in [-0.2, -0.15) is 0 Å². The SMILES string of the molecule is Cc1nccc(CN2CC3CCCCN3CC2C(C)C)n1. The summed E-state index contributed by atoms with van der Waals surface area (Å²) in [4.78, 5) is 14.2. The third-order valence-electron chi connectivity index (χ3n) is 5.05. The zero-order chi connectivity index (χ0) is 14.8. The predicted molar refractivity (Wildman–Crippen MR) is 85.0 cm³/mol. The van der Waals surface area contributed by atoms with E-state index in [4.69, 9.17) is 0 Å². The van der Waals surface area contributed by atoms with Crippen molar-refractivity contribution in [3.63, 3.8) is 0 Å².